The zero-order chi connectivity index (χ0) is 53.2. The number of nitrogens with zero attached hydrogens (tertiary/aromatic N) is 2. The van der Waals surface area contributed by atoms with Gasteiger partial charge >= 0.3 is 6.18 Å². The molecule has 0 radical (unpaired) electrons. The van der Waals surface area contributed by atoms with Gasteiger partial charge in [0.15, 0.2) is 0 Å². The Morgan fingerprint density at radius 1 is 0.595 bits per heavy atom. The van der Waals surface area contributed by atoms with Crippen LogP contribution < -0.4 is 26.4 Å². The van der Waals surface area contributed by atoms with E-state index in [4.69, 9.17) is 4.42 Å². The van der Waals surface area contributed by atoms with Crippen molar-refractivity contribution in [3.05, 3.63) is 148 Å². The second-order valence-electron chi connectivity index (χ2n) is 27.2. The Hall–Kier alpha value is -5.69. The van der Waals surface area contributed by atoms with Crippen LogP contribution in [-0.4, -0.2) is 6.71 Å². The van der Waals surface area contributed by atoms with Crippen molar-refractivity contribution in [1.29, 1.82) is 0 Å². The van der Waals surface area contributed by atoms with E-state index in [0.717, 1.165) is 77.2 Å². The quantitative estimate of drug-likeness (QED) is 0.155. The van der Waals surface area contributed by atoms with Crippen molar-refractivity contribution in [1.82, 2.24) is 0 Å². The molecule has 4 aliphatic rings. The second kappa shape index (κ2) is 16.4. The van der Waals surface area contributed by atoms with Crippen LogP contribution in [0.4, 0.5) is 47.3 Å². The smallest absolute Gasteiger partial charge is 0.417 e. The summed E-state index contributed by atoms with van der Waals surface area (Å²) in [4.78, 5) is 4.98. The van der Waals surface area contributed by atoms with Crippen LogP contribution in [0.1, 0.15) is 193 Å². The lowest BCUT2D eigenvalue weighted by Crippen LogP contribution is -2.61. The van der Waals surface area contributed by atoms with Crippen molar-refractivity contribution in [2.45, 2.75) is 187 Å². The number of halogens is 3. The number of fused-ring (bicyclic) bond motifs is 8. The normalized spacial score (nSPS) is 18.2. The van der Waals surface area contributed by atoms with Gasteiger partial charge in [0.1, 0.15) is 5.58 Å². The molecule has 0 amide bonds. The van der Waals surface area contributed by atoms with Crippen molar-refractivity contribution >= 4 is 68.4 Å². The summed E-state index contributed by atoms with van der Waals surface area (Å²) in [5, 5.41) is 1.06. The molecule has 0 fully saturated rings. The predicted octanol–water partition coefficient (Wildman–Crippen LogP) is 18.0. The Morgan fingerprint density at radius 3 is 1.73 bits per heavy atom. The molecule has 2 aliphatic carbocycles. The van der Waals surface area contributed by atoms with E-state index >= 15 is 0 Å². The minimum atomic E-state index is -4.50. The molecule has 6 aromatic carbocycles. The molecule has 1 aromatic heterocycles. The Morgan fingerprint density at radius 2 is 1.15 bits per heavy atom. The zero-order valence-electron chi connectivity index (χ0n) is 46.9. The molecule has 0 spiro atoms. The molecular weight excluding hydrogens is 917 g/mol. The van der Waals surface area contributed by atoms with Crippen LogP contribution in [0.5, 0.6) is 0 Å². The van der Waals surface area contributed by atoms with E-state index in [9.17, 15) is 13.2 Å². The third-order valence-corrected chi connectivity index (χ3v) is 18.7. The fraction of sp³-hybridized carbons (Fsp3) is 0.433. The van der Waals surface area contributed by atoms with Gasteiger partial charge in [0.2, 0.25) is 0 Å². The summed E-state index contributed by atoms with van der Waals surface area (Å²) in [6.07, 6.45) is 0.886. The third kappa shape index (κ3) is 7.73. The van der Waals surface area contributed by atoms with E-state index in [2.05, 4.69) is 175 Å². The SMILES string of the molecule is CCC(C)(C)c1cc2c(cc1C(C)C)N(c1ccc3c(c1)C(C)(C)CCC3(C)C)c1cc(C(C)(C)C)cc3c1B2c1oc2cc4c(cc2c1N3c1ccc(-c2ccccc2C(F)(F)F)cc1)C(C)(C)CCC4(C)C. The summed E-state index contributed by atoms with van der Waals surface area (Å²) in [7, 11) is 0. The molecule has 11 rings (SSSR count). The van der Waals surface area contributed by atoms with Crippen LogP contribution in [0.15, 0.2) is 108 Å². The second-order valence-corrected chi connectivity index (χ2v) is 27.2. The van der Waals surface area contributed by atoms with Gasteiger partial charge in [0.05, 0.1) is 16.9 Å². The zero-order valence-corrected chi connectivity index (χ0v) is 46.9. The van der Waals surface area contributed by atoms with Crippen LogP contribution in [0.25, 0.3) is 22.1 Å². The minimum absolute atomic E-state index is 0.0121. The molecule has 2 aliphatic heterocycles. The molecule has 0 atom stereocenters. The maximum atomic E-state index is 14.6. The lowest BCUT2D eigenvalue weighted by molar-refractivity contribution is -0.137. The molecule has 7 aromatic rings. The Labute approximate surface area is 440 Å². The molecule has 7 heteroatoms. The average molecular weight is 993 g/mol. The van der Waals surface area contributed by atoms with Crippen molar-refractivity contribution in [3.63, 3.8) is 0 Å². The van der Waals surface area contributed by atoms with E-state index in [-0.39, 0.29) is 50.7 Å². The lowest BCUT2D eigenvalue weighted by Gasteiger charge is -2.46. The number of benzene rings is 6. The van der Waals surface area contributed by atoms with Gasteiger partial charge in [-0.15, -0.1) is 0 Å². The summed E-state index contributed by atoms with van der Waals surface area (Å²) < 4.78 is 51.4. The molecule has 0 unspecified atom stereocenters. The number of rotatable bonds is 6. The highest BCUT2D eigenvalue weighted by atomic mass is 19.4. The average Bonchev–Trinajstić information content (AvgIpc) is 3.71. The molecule has 3 heterocycles. The van der Waals surface area contributed by atoms with Gasteiger partial charge in [-0.05, 0) is 192 Å². The Kier molecular flexibility index (Phi) is 11.2. The third-order valence-electron chi connectivity index (χ3n) is 18.7. The van der Waals surface area contributed by atoms with Gasteiger partial charge in [0, 0.05) is 33.8 Å². The number of hydrogen-bond acceptors (Lipinski definition) is 3. The van der Waals surface area contributed by atoms with E-state index in [0.29, 0.717) is 5.56 Å². The molecule has 0 bridgehead atoms. The molecule has 0 saturated heterocycles. The largest absolute Gasteiger partial charge is 0.468 e. The standard InChI is InChI=1S/C67H76BF3N2O/c1-17-62(7,8)49-37-53-54(36-45(49)39(2)3)72(43-26-27-48-50(34-43)64(11,12)29-28-63(48,9)10)55-32-41(61(4,5)6)33-56-58(55)68(53)60-59(46-35-51-52(38-57(46)74-60)66(15,16)31-30-65(51,13)14)73(56)42-24-22-40(23-25-42)44-20-18-19-21-47(44)67(69,70)71/h18-27,32-39H,17,28-31H2,1-16H3. The van der Waals surface area contributed by atoms with Crippen molar-refractivity contribution in [2.75, 3.05) is 9.80 Å². The molecule has 74 heavy (non-hydrogen) atoms. The lowest BCUT2D eigenvalue weighted by atomic mass is 9.35. The van der Waals surface area contributed by atoms with E-state index in [1.54, 1.807) is 12.1 Å². The summed E-state index contributed by atoms with van der Waals surface area (Å²) >= 11 is 0. The van der Waals surface area contributed by atoms with E-state index < -0.39 is 11.7 Å². The van der Waals surface area contributed by atoms with Crippen LogP contribution in [0.2, 0.25) is 0 Å². The van der Waals surface area contributed by atoms with Crippen LogP contribution in [0, 0.1) is 0 Å². The van der Waals surface area contributed by atoms with Crippen molar-refractivity contribution < 1.29 is 17.6 Å². The van der Waals surface area contributed by atoms with Gasteiger partial charge in [-0.1, -0.05) is 153 Å². The van der Waals surface area contributed by atoms with Crippen LogP contribution in [0.3, 0.4) is 0 Å². The monoisotopic (exact) mass is 993 g/mol. The van der Waals surface area contributed by atoms with E-state index in [1.165, 1.54) is 67.7 Å². The molecule has 0 saturated carbocycles. The predicted molar refractivity (Wildman–Crippen MR) is 307 cm³/mol. The summed E-state index contributed by atoms with van der Waals surface area (Å²) in [5.41, 5.74) is 19.6. The number of anilines is 6. The van der Waals surface area contributed by atoms with Crippen LogP contribution in [-0.2, 0) is 38.7 Å². The summed E-state index contributed by atoms with van der Waals surface area (Å²) in [6, 6.07) is 35.7. The summed E-state index contributed by atoms with van der Waals surface area (Å²) in [5.74, 6) is 0.275. The number of furan rings is 1. The number of alkyl halides is 3. The van der Waals surface area contributed by atoms with Gasteiger partial charge in [-0.3, -0.25) is 0 Å². The minimum Gasteiger partial charge on any atom is -0.468 e. The van der Waals surface area contributed by atoms with Crippen molar-refractivity contribution in [2.24, 2.45) is 0 Å². The van der Waals surface area contributed by atoms with E-state index in [1.807, 2.05) is 24.3 Å². The highest BCUT2D eigenvalue weighted by Gasteiger charge is 2.50. The highest BCUT2D eigenvalue weighted by molar-refractivity contribution is 7.00. The fourth-order valence-electron chi connectivity index (χ4n) is 13.3. The van der Waals surface area contributed by atoms with Gasteiger partial charge < -0.3 is 14.2 Å². The Balaban J connectivity index is 1.28. The van der Waals surface area contributed by atoms with Gasteiger partial charge in [-0.25, -0.2) is 0 Å². The van der Waals surface area contributed by atoms with Gasteiger partial charge in [-0.2, -0.15) is 13.2 Å². The first-order valence-electron chi connectivity index (χ1n) is 27.5. The van der Waals surface area contributed by atoms with Crippen molar-refractivity contribution in [3.8, 4) is 11.1 Å². The number of hydrogen-bond donors (Lipinski definition) is 0. The first-order valence-corrected chi connectivity index (χ1v) is 27.5. The molecule has 3 nitrogen and oxygen atoms in total. The summed E-state index contributed by atoms with van der Waals surface area (Å²) in [6.45, 7) is 37.5. The first kappa shape index (κ1) is 50.5. The first-order chi connectivity index (χ1) is 34.4. The maximum Gasteiger partial charge on any atom is 0.417 e. The topological polar surface area (TPSA) is 19.6 Å². The fourth-order valence-corrected chi connectivity index (χ4v) is 13.3. The highest BCUT2D eigenvalue weighted by Crippen LogP contribution is 2.54. The Bertz CT molecular complexity index is 3430. The maximum absolute atomic E-state index is 14.6. The van der Waals surface area contributed by atoms with Gasteiger partial charge in [0.25, 0.3) is 6.71 Å². The van der Waals surface area contributed by atoms with Crippen LogP contribution >= 0.6 is 0 Å². The molecule has 384 valence electrons. The molecule has 0 N–H and O–H groups in total. The molecular formula is C67H76BF3N2O.